The summed E-state index contributed by atoms with van der Waals surface area (Å²) in [5.74, 6) is -0.859. The summed E-state index contributed by atoms with van der Waals surface area (Å²) in [7, 11) is 1.14. The summed E-state index contributed by atoms with van der Waals surface area (Å²) in [6.45, 7) is 4.12. The minimum atomic E-state index is -4.65. The molecule has 0 heterocycles. The lowest BCUT2D eigenvalue weighted by Gasteiger charge is -2.28. The molecule has 76 heavy (non-hydrogen) atoms. The number of carbonyl (C=O) groups excluding carboxylic acids is 2. The van der Waals surface area contributed by atoms with E-state index >= 15 is 0 Å². The number of phosphoric ester groups is 1. The highest BCUT2D eigenvalue weighted by Crippen LogP contribution is 2.38. The maximum atomic E-state index is 12.8. The molecule has 0 aromatic carbocycles. The molecular weight excluding hydrogens is 966 g/mol. The van der Waals surface area contributed by atoms with Gasteiger partial charge in [0.05, 0.1) is 27.7 Å². The Morgan fingerprint density at radius 1 is 0.421 bits per heavy atom. The Morgan fingerprint density at radius 2 is 0.750 bits per heavy atom. The third-order valence-electron chi connectivity index (χ3n) is 13.1. The van der Waals surface area contributed by atoms with Crippen LogP contribution in [0.25, 0.3) is 0 Å². The van der Waals surface area contributed by atoms with Crippen LogP contribution in [0.4, 0.5) is 0 Å². The van der Waals surface area contributed by atoms with E-state index in [9.17, 15) is 19.0 Å². The van der Waals surface area contributed by atoms with Crippen molar-refractivity contribution in [2.45, 2.75) is 264 Å². The molecule has 0 amide bonds. The molecule has 2 atom stereocenters. The second kappa shape index (κ2) is 56.6. The number of hydrogen-bond donors (Lipinski definition) is 0. The van der Waals surface area contributed by atoms with Gasteiger partial charge in [0.25, 0.3) is 7.82 Å². The molecule has 0 saturated heterocycles. The Bertz CT molecular complexity index is 1600. The third-order valence-corrected chi connectivity index (χ3v) is 14.1. The second-order valence-electron chi connectivity index (χ2n) is 21.7. The predicted molar refractivity (Wildman–Crippen MR) is 323 cm³/mol. The van der Waals surface area contributed by atoms with Gasteiger partial charge in [-0.25, -0.2) is 0 Å². The smallest absolute Gasteiger partial charge is 0.306 e. The van der Waals surface area contributed by atoms with Gasteiger partial charge in [-0.05, 0) is 77.0 Å². The number of quaternary nitrogens is 1. The Hall–Kier alpha value is -3.07. The van der Waals surface area contributed by atoms with E-state index in [0.717, 1.165) is 96.3 Å². The van der Waals surface area contributed by atoms with Crippen molar-refractivity contribution in [2.75, 3.05) is 47.5 Å². The number of phosphoric acid groups is 1. The first-order chi connectivity index (χ1) is 37.0. The molecule has 9 nitrogen and oxygen atoms in total. The first-order valence-corrected chi connectivity index (χ1v) is 32.4. The van der Waals surface area contributed by atoms with Crippen molar-refractivity contribution < 1.29 is 42.1 Å². The first-order valence-electron chi connectivity index (χ1n) is 30.9. The van der Waals surface area contributed by atoms with Gasteiger partial charge in [-0.1, -0.05) is 265 Å². The number of unbranched alkanes of at least 4 members (excludes halogenated alkanes) is 26. The van der Waals surface area contributed by atoms with E-state index in [1.807, 2.05) is 21.1 Å². The SMILES string of the molecule is CC/C=C\C/C=C\C/C=C\C/C=C\C/C=C\C/C=C\C/C=C\C/C=C\CCCCCCC(=O)OC(COC(=O)CCCCCCCCCCCCCCCCCCCCCCCCC)COP(=O)([O-])OCC[N+](C)(C)C. The van der Waals surface area contributed by atoms with Gasteiger partial charge in [0, 0.05) is 12.8 Å². The largest absolute Gasteiger partial charge is 0.756 e. The topological polar surface area (TPSA) is 111 Å². The van der Waals surface area contributed by atoms with Gasteiger partial charge in [0.1, 0.15) is 19.8 Å². The standard InChI is InChI=1S/C66H116NO8P/c1-6-8-10-12-14-16-18-20-22-24-26-28-30-31-32-33-34-35-37-39-41-43-45-47-49-51-53-55-57-59-66(69)75-64(63-74-76(70,71)73-61-60-67(3,4)5)62-72-65(68)58-56-54-52-50-48-46-44-42-40-38-36-29-27-25-23-21-19-17-15-13-11-9-7-2/h8,10,14,16,20,22,26,28,31-32,34-35,39,41,45,47,64H,6-7,9,11-13,15,17-19,21,23-25,27,29-30,33,36-38,40,42-44,46,48-63H2,1-5H3/b10-8-,16-14-,22-20-,28-26-,32-31-,35-34-,41-39-,47-45-. The molecule has 0 aliphatic carbocycles. The number of likely N-dealkylation sites (N-methyl/N-ethyl adjacent to an activating group) is 1. The van der Waals surface area contributed by atoms with Crippen molar-refractivity contribution >= 4 is 19.8 Å². The highest BCUT2D eigenvalue weighted by molar-refractivity contribution is 7.45. The van der Waals surface area contributed by atoms with Gasteiger partial charge in [0.2, 0.25) is 0 Å². The summed E-state index contributed by atoms with van der Waals surface area (Å²) in [6, 6.07) is 0. The molecule has 0 bridgehead atoms. The summed E-state index contributed by atoms with van der Waals surface area (Å²) in [5.41, 5.74) is 0. The van der Waals surface area contributed by atoms with Crippen molar-refractivity contribution in [2.24, 2.45) is 0 Å². The molecule has 0 aromatic rings. The van der Waals surface area contributed by atoms with Crippen LogP contribution in [0.15, 0.2) is 97.2 Å². The fraction of sp³-hybridized carbons (Fsp3) is 0.727. The molecule has 0 fully saturated rings. The summed E-state index contributed by atoms with van der Waals surface area (Å²) in [5, 5.41) is 0. The zero-order chi connectivity index (χ0) is 55.6. The van der Waals surface area contributed by atoms with Crippen molar-refractivity contribution in [3.8, 4) is 0 Å². The molecule has 438 valence electrons. The number of esters is 2. The molecule has 0 radical (unpaired) electrons. The van der Waals surface area contributed by atoms with E-state index in [1.54, 1.807) is 0 Å². The number of allylic oxidation sites excluding steroid dienone is 16. The van der Waals surface area contributed by atoms with Crippen LogP contribution in [-0.2, 0) is 32.7 Å². The zero-order valence-corrected chi connectivity index (χ0v) is 50.6. The zero-order valence-electron chi connectivity index (χ0n) is 49.7. The lowest BCUT2D eigenvalue weighted by molar-refractivity contribution is -0.870. The number of hydrogen-bond acceptors (Lipinski definition) is 8. The van der Waals surface area contributed by atoms with Crippen LogP contribution in [0.5, 0.6) is 0 Å². The average molecular weight is 1080 g/mol. The summed E-state index contributed by atoms with van der Waals surface area (Å²) < 4.78 is 34.2. The van der Waals surface area contributed by atoms with Crippen LogP contribution in [0.3, 0.4) is 0 Å². The highest BCUT2D eigenvalue weighted by Gasteiger charge is 2.22. The molecule has 0 aliphatic heterocycles. The summed E-state index contributed by atoms with van der Waals surface area (Å²) >= 11 is 0. The molecule has 0 N–H and O–H groups in total. The Labute approximate surface area is 468 Å². The molecule has 0 aromatic heterocycles. The molecule has 0 aliphatic rings. The van der Waals surface area contributed by atoms with Gasteiger partial charge in [-0.15, -0.1) is 0 Å². The Kier molecular flexibility index (Phi) is 54.4. The number of nitrogens with zero attached hydrogens (tertiary/aromatic N) is 1. The first kappa shape index (κ1) is 72.9. The normalized spacial score (nSPS) is 13.9. The summed E-state index contributed by atoms with van der Waals surface area (Å²) in [4.78, 5) is 37.9. The third kappa shape index (κ3) is 60.2. The van der Waals surface area contributed by atoms with E-state index < -0.39 is 26.5 Å². The lowest BCUT2D eigenvalue weighted by atomic mass is 10.0. The second-order valence-corrected chi connectivity index (χ2v) is 23.1. The van der Waals surface area contributed by atoms with Crippen LogP contribution in [0.2, 0.25) is 0 Å². The average Bonchev–Trinajstić information content (AvgIpc) is 3.38. The summed E-state index contributed by atoms with van der Waals surface area (Å²) in [6.07, 6.45) is 77.5. The van der Waals surface area contributed by atoms with E-state index in [2.05, 4.69) is 111 Å². The van der Waals surface area contributed by atoms with Gasteiger partial charge in [0.15, 0.2) is 6.10 Å². The van der Waals surface area contributed by atoms with E-state index in [0.29, 0.717) is 17.4 Å². The lowest BCUT2D eigenvalue weighted by Crippen LogP contribution is -2.37. The van der Waals surface area contributed by atoms with Crippen LogP contribution >= 0.6 is 7.82 Å². The van der Waals surface area contributed by atoms with Crippen LogP contribution in [0, 0.1) is 0 Å². The van der Waals surface area contributed by atoms with Crippen LogP contribution in [-0.4, -0.2) is 70.0 Å². The maximum Gasteiger partial charge on any atom is 0.306 e. The number of rotatable bonds is 56. The molecule has 0 rings (SSSR count). The van der Waals surface area contributed by atoms with Crippen molar-refractivity contribution in [3.05, 3.63) is 97.2 Å². The maximum absolute atomic E-state index is 12.8. The van der Waals surface area contributed by atoms with Crippen molar-refractivity contribution in [1.82, 2.24) is 0 Å². The van der Waals surface area contributed by atoms with Gasteiger partial charge >= 0.3 is 11.9 Å². The number of ether oxygens (including phenoxy) is 2. The Balaban J connectivity index is 4.22. The van der Waals surface area contributed by atoms with Crippen molar-refractivity contribution in [1.29, 1.82) is 0 Å². The quantitative estimate of drug-likeness (QED) is 0.0195. The minimum Gasteiger partial charge on any atom is -0.756 e. The van der Waals surface area contributed by atoms with E-state index in [1.165, 1.54) is 128 Å². The van der Waals surface area contributed by atoms with Crippen LogP contribution in [0.1, 0.15) is 258 Å². The fourth-order valence-electron chi connectivity index (χ4n) is 8.38. The molecular formula is C66H116NO8P. The van der Waals surface area contributed by atoms with Crippen LogP contribution < -0.4 is 4.89 Å². The van der Waals surface area contributed by atoms with Gasteiger partial charge < -0.3 is 27.9 Å². The van der Waals surface area contributed by atoms with E-state index in [-0.39, 0.29) is 32.0 Å². The van der Waals surface area contributed by atoms with E-state index in [4.69, 9.17) is 18.5 Å². The Morgan fingerprint density at radius 3 is 1.12 bits per heavy atom. The van der Waals surface area contributed by atoms with Gasteiger partial charge in [-0.3, -0.25) is 14.2 Å². The monoisotopic (exact) mass is 1080 g/mol. The molecule has 2 unspecified atom stereocenters. The van der Waals surface area contributed by atoms with Crippen molar-refractivity contribution in [3.63, 3.8) is 0 Å². The number of carbonyl (C=O) groups is 2. The predicted octanol–water partition coefficient (Wildman–Crippen LogP) is 19.0. The molecule has 0 spiro atoms. The van der Waals surface area contributed by atoms with Gasteiger partial charge in [-0.2, -0.15) is 0 Å². The fourth-order valence-corrected chi connectivity index (χ4v) is 9.11. The highest BCUT2D eigenvalue weighted by atomic mass is 31.2. The molecule has 10 heteroatoms. The molecule has 0 saturated carbocycles. The minimum absolute atomic E-state index is 0.0398.